The quantitative estimate of drug-likeness (QED) is 0.707. The zero-order chi connectivity index (χ0) is 9.60. The zero-order valence-corrected chi connectivity index (χ0v) is 8.74. The molecular formula is C11H20N2O. The number of hydrogen-bond acceptors (Lipinski definition) is 3. The molecule has 2 N–H and O–H groups in total. The number of nitrogens with zero attached hydrogens (tertiary/aromatic N) is 1. The van der Waals surface area contributed by atoms with Gasteiger partial charge >= 0.3 is 0 Å². The molecule has 0 bridgehead atoms. The van der Waals surface area contributed by atoms with Crippen molar-refractivity contribution in [1.82, 2.24) is 4.90 Å². The van der Waals surface area contributed by atoms with Crippen LogP contribution in [0.25, 0.3) is 0 Å². The van der Waals surface area contributed by atoms with Gasteiger partial charge in [-0.15, -0.1) is 0 Å². The van der Waals surface area contributed by atoms with Crippen LogP contribution >= 0.6 is 0 Å². The summed E-state index contributed by atoms with van der Waals surface area (Å²) in [4.78, 5) is 2.59. The highest BCUT2D eigenvalue weighted by Crippen LogP contribution is 2.36. The van der Waals surface area contributed by atoms with E-state index >= 15 is 0 Å². The average Bonchev–Trinajstić information content (AvgIpc) is 2.73. The molecule has 1 heterocycles. The van der Waals surface area contributed by atoms with Gasteiger partial charge in [0.25, 0.3) is 0 Å². The molecule has 0 radical (unpaired) electrons. The first kappa shape index (κ1) is 9.13. The standard InChI is InChI=1S/C11H20N2O/c12-11(4-5-11)8-13-6-7-14-10-3-1-2-9(10)13/h9-10H,1-8,12H2. The van der Waals surface area contributed by atoms with Crippen LogP contribution in [0.4, 0.5) is 0 Å². The van der Waals surface area contributed by atoms with E-state index in [0.717, 1.165) is 19.7 Å². The minimum absolute atomic E-state index is 0.171. The number of fused-ring (bicyclic) bond motifs is 1. The molecule has 3 heteroatoms. The summed E-state index contributed by atoms with van der Waals surface area (Å²) in [5, 5.41) is 0. The third-order valence-corrected chi connectivity index (χ3v) is 4.01. The fourth-order valence-corrected chi connectivity index (χ4v) is 2.93. The Morgan fingerprint density at radius 2 is 2.21 bits per heavy atom. The molecule has 3 fully saturated rings. The lowest BCUT2D eigenvalue weighted by atomic mass is 10.1. The minimum atomic E-state index is 0.171. The SMILES string of the molecule is NC1(CN2CCOC3CCCC32)CC1. The van der Waals surface area contributed by atoms with Crippen molar-refractivity contribution < 1.29 is 4.74 Å². The van der Waals surface area contributed by atoms with Gasteiger partial charge in [-0.25, -0.2) is 0 Å². The first-order chi connectivity index (χ1) is 6.77. The number of hydrogen-bond donors (Lipinski definition) is 1. The van der Waals surface area contributed by atoms with Crippen molar-refractivity contribution in [2.75, 3.05) is 19.7 Å². The van der Waals surface area contributed by atoms with E-state index in [2.05, 4.69) is 4.90 Å². The number of nitrogens with two attached hydrogens (primary N) is 1. The maximum atomic E-state index is 6.18. The minimum Gasteiger partial charge on any atom is -0.375 e. The van der Waals surface area contributed by atoms with E-state index in [1.807, 2.05) is 0 Å². The second kappa shape index (κ2) is 3.19. The van der Waals surface area contributed by atoms with E-state index in [-0.39, 0.29) is 5.54 Å². The van der Waals surface area contributed by atoms with Gasteiger partial charge in [0.1, 0.15) is 0 Å². The number of ether oxygens (including phenoxy) is 1. The molecule has 2 aliphatic carbocycles. The van der Waals surface area contributed by atoms with Crippen LogP contribution in [-0.2, 0) is 4.74 Å². The summed E-state index contributed by atoms with van der Waals surface area (Å²) in [6, 6.07) is 0.685. The molecule has 1 saturated heterocycles. The fraction of sp³-hybridized carbons (Fsp3) is 1.00. The Hall–Kier alpha value is -0.120. The van der Waals surface area contributed by atoms with Gasteiger partial charge < -0.3 is 10.5 Å². The van der Waals surface area contributed by atoms with Crippen molar-refractivity contribution in [1.29, 1.82) is 0 Å². The molecule has 3 rings (SSSR count). The lowest BCUT2D eigenvalue weighted by molar-refractivity contribution is -0.0579. The molecule has 14 heavy (non-hydrogen) atoms. The smallest absolute Gasteiger partial charge is 0.0730 e. The molecule has 2 atom stereocenters. The Morgan fingerprint density at radius 1 is 1.36 bits per heavy atom. The first-order valence-corrected chi connectivity index (χ1v) is 5.91. The van der Waals surface area contributed by atoms with Crippen LogP contribution < -0.4 is 5.73 Å². The predicted molar refractivity (Wildman–Crippen MR) is 55.1 cm³/mol. The van der Waals surface area contributed by atoms with Crippen molar-refractivity contribution in [3.8, 4) is 0 Å². The molecule has 2 saturated carbocycles. The van der Waals surface area contributed by atoms with Gasteiger partial charge in [0.15, 0.2) is 0 Å². The molecule has 1 aliphatic heterocycles. The van der Waals surface area contributed by atoms with Gasteiger partial charge in [-0.2, -0.15) is 0 Å². The molecule has 0 aromatic rings. The zero-order valence-electron chi connectivity index (χ0n) is 8.74. The predicted octanol–water partition coefficient (Wildman–Crippen LogP) is 0.731. The Morgan fingerprint density at radius 3 is 3.00 bits per heavy atom. The van der Waals surface area contributed by atoms with E-state index in [9.17, 15) is 0 Å². The molecule has 3 nitrogen and oxygen atoms in total. The van der Waals surface area contributed by atoms with Gasteiger partial charge in [-0.1, -0.05) is 0 Å². The monoisotopic (exact) mass is 196 g/mol. The molecule has 0 amide bonds. The lowest BCUT2D eigenvalue weighted by Gasteiger charge is -2.39. The van der Waals surface area contributed by atoms with Crippen LogP contribution in [0.3, 0.4) is 0 Å². The van der Waals surface area contributed by atoms with Gasteiger partial charge in [0.2, 0.25) is 0 Å². The van der Waals surface area contributed by atoms with E-state index in [0.29, 0.717) is 12.1 Å². The van der Waals surface area contributed by atoms with Gasteiger partial charge in [0.05, 0.1) is 12.7 Å². The Bertz CT molecular complexity index is 227. The highest BCUT2D eigenvalue weighted by atomic mass is 16.5. The summed E-state index contributed by atoms with van der Waals surface area (Å²) in [5.74, 6) is 0. The van der Waals surface area contributed by atoms with Crippen LogP contribution in [-0.4, -0.2) is 42.3 Å². The molecule has 2 unspecified atom stereocenters. The van der Waals surface area contributed by atoms with Crippen LogP contribution in [0.1, 0.15) is 32.1 Å². The maximum Gasteiger partial charge on any atom is 0.0730 e. The normalized spacial score (nSPS) is 40.9. The summed E-state index contributed by atoms with van der Waals surface area (Å²) in [6.45, 7) is 3.12. The van der Waals surface area contributed by atoms with Crippen LogP contribution in [0.15, 0.2) is 0 Å². The molecule has 0 aromatic carbocycles. The number of morpholine rings is 1. The Balaban J connectivity index is 1.65. The fourth-order valence-electron chi connectivity index (χ4n) is 2.93. The van der Waals surface area contributed by atoms with E-state index < -0.39 is 0 Å². The van der Waals surface area contributed by atoms with Gasteiger partial charge in [0, 0.05) is 24.7 Å². The molecule has 0 aromatic heterocycles. The van der Waals surface area contributed by atoms with Crippen molar-refractivity contribution in [2.24, 2.45) is 5.73 Å². The van der Waals surface area contributed by atoms with Crippen LogP contribution in [0, 0.1) is 0 Å². The largest absolute Gasteiger partial charge is 0.375 e. The van der Waals surface area contributed by atoms with Crippen molar-refractivity contribution in [2.45, 2.75) is 49.8 Å². The third-order valence-electron chi connectivity index (χ3n) is 4.01. The third kappa shape index (κ3) is 1.58. The molecule has 3 aliphatic rings. The van der Waals surface area contributed by atoms with E-state index in [4.69, 9.17) is 10.5 Å². The highest BCUT2D eigenvalue weighted by molar-refractivity contribution is 5.03. The summed E-state index contributed by atoms with van der Waals surface area (Å²) >= 11 is 0. The van der Waals surface area contributed by atoms with Crippen LogP contribution in [0.5, 0.6) is 0 Å². The molecule has 0 spiro atoms. The highest BCUT2D eigenvalue weighted by Gasteiger charge is 2.44. The summed E-state index contributed by atoms with van der Waals surface area (Å²) in [6.07, 6.45) is 6.89. The second-order valence-electron chi connectivity index (χ2n) is 5.24. The summed E-state index contributed by atoms with van der Waals surface area (Å²) in [5.41, 5.74) is 6.35. The first-order valence-electron chi connectivity index (χ1n) is 5.91. The van der Waals surface area contributed by atoms with Crippen LogP contribution in [0.2, 0.25) is 0 Å². The summed E-state index contributed by atoms with van der Waals surface area (Å²) in [7, 11) is 0. The second-order valence-corrected chi connectivity index (χ2v) is 5.24. The van der Waals surface area contributed by atoms with Crippen molar-refractivity contribution in [3.05, 3.63) is 0 Å². The Labute approximate surface area is 85.6 Å². The van der Waals surface area contributed by atoms with E-state index in [1.165, 1.54) is 32.1 Å². The average molecular weight is 196 g/mol. The molecular weight excluding hydrogens is 176 g/mol. The lowest BCUT2D eigenvalue weighted by Crippen LogP contribution is -2.53. The van der Waals surface area contributed by atoms with Crippen molar-refractivity contribution in [3.63, 3.8) is 0 Å². The topological polar surface area (TPSA) is 38.5 Å². The molecule has 80 valence electrons. The number of rotatable bonds is 2. The van der Waals surface area contributed by atoms with Gasteiger partial charge in [-0.3, -0.25) is 4.90 Å². The maximum absolute atomic E-state index is 6.18. The Kier molecular flexibility index (Phi) is 2.08. The summed E-state index contributed by atoms with van der Waals surface area (Å²) < 4.78 is 5.78. The van der Waals surface area contributed by atoms with Gasteiger partial charge in [-0.05, 0) is 32.1 Å². The van der Waals surface area contributed by atoms with Crippen molar-refractivity contribution >= 4 is 0 Å². The van der Waals surface area contributed by atoms with E-state index in [1.54, 1.807) is 0 Å².